The molecule has 0 N–H and O–H groups in total. The molecule has 0 unspecified atom stereocenters. The second kappa shape index (κ2) is 8.85. The van der Waals surface area contributed by atoms with E-state index in [2.05, 4.69) is 42.2 Å². The molecule has 0 bridgehead atoms. The molecule has 1 aliphatic heterocycles. The molecule has 4 nitrogen and oxygen atoms in total. The Balaban J connectivity index is 1.60. The summed E-state index contributed by atoms with van der Waals surface area (Å²) in [7, 11) is 0. The number of aryl methyl sites for hydroxylation is 2. The predicted octanol–water partition coefficient (Wildman–Crippen LogP) is 7.00. The zero-order valence-corrected chi connectivity index (χ0v) is 19.6. The molecule has 0 aliphatic carbocycles. The molecule has 0 atom stereocenters. The molecule has 0 amide bonds. The van der Waals surface area contributed by atoms with Gasteiger partial charge in [-0.2, -0.15) is 0 Å². The Bertz CT molecular complexity index is 1460. The van der Waals surface area contributed by atoms with E-state index >= 15 is 0 Å². The molecule has 6 heteroatoms. The fourth-order valence-electron chi connectivity index (χ4n) is 3.49. The summed E-state index contributed by atoms with van der Waals surface area (Å²) in [6.45, 7) is 4.10. The normalized spacial score (nSPS) is 14.6. The predicted molar refractivity (Wildman–Crippen MR) is 134 cm³/mol. The summed E-state index contributed by atoms with van der Waals surface area (Å²) in [6, 6.07) is 23.6. The van der Waals surface area contributed by atoms with Crippen LogP contribution >= 0.6 is 23.4 Å². The molecule has 3 aromatic carbocycles. The summed E-state index contributed by atoms with van der Waals surface area (Å²) in [5.41, 5.74) is 4.83. The zero-order valence-electron chi connectivity index (χ0n) is 18.0. The molecule has 4 aromatic rings. The van der Waals surface area contributed by atoms with Gasteiger partial charge in [0.05, 0.1) is 16.1 Å². The topological polar surface area (TPSA) is 51.6 Å². The van der Waals surface area contributed by atoms with Crippen LogP contribution in [0.2, 0.25) is 5.02 Å². The molecular formula is C27H19ClN2O2S. The number of esters is 1. The SMILES string of the molecule is Cc1ccc(Sc2nc3cc(C)ccc3cc2C=C2N=C(c3ccccc3Cl)OC2=O)cc1. The quantitative estimate of drug-likeness (QED) is 0.238. The second-order valence-electron chi connectivity index (χ2n) is 7.81. The first-order valence-electron chi connectivity index (χ1n) is 10.4. The zero-order chi connectivity index (χ0) is 22.9. The smallest absolute Gasteiger partial charge is 0.363 e. The van der Waals surface area contributed by atoms with Crippen LogP contribution < -0.4 is 0 Å². The van der Waals surface area contributed by atoms with Gasteiger partial charge in [-0.15, -0.1) is 0 Å². The standard InChI is InChI=1S/C27H19ClN2O2S/c1-16-8-11-20(12-9-16)33-26-19(14-18-10-7-17(2)13-23(18)30-26)15-24-27(31)32-25(29-24)21-5-3-4-6-22(21)28/h3-15H,1-2H3. The Morgan fingerprint density at radius 3 is 2.48 bits per heavy atom. The van der Waals surface area contributed by atoms with Gasteiger partial charge in [-0.25, -0.2) is 14.8 Å². The van der Waals surface area contributed by atoms with Gasteiger partial charge in [-0.05, 0) is 61.9 Å². The maximum Gasteiger partial charge on any atom is 0.363 e. The van der Waals surface area contributed by atoms with Crippen molar-refractivity contribution >= 4 is 52.2 Å². The summed E-state index contributed by atoms with van der Waals surface area (Å²) < 4.78 is 5.42. The van der Waals surface area contributed by atoms with E-state index in [1.807, 2.05) is 37.3 Å². The highest BCUT2D eigenvalue weighted by atomic mass is 35.5. The van der Waals surface area contributed by atoms with Crippen LogP contribution in [0.25, 0.3) is 17.0 Å². The first kappa shape index (κ1) is 21.4. The van der Waals surface area contributed by atoms with Gasteiger partial charge in [0.2, 0.25) is 5.90 Å². The molecule has 0 fully saturated rings. The number of fused-ring (bicyclic) bond motifs is 1. The molecule has 162 valence electrons. The average Bonchev–Trinajstić information content (AvgIpc) is 3.16. The molecule has 1 aromatic heterocycles. The van der Waals surface area contributed by atoms with Crippen LogP contribution in [-0.4, -0.2) is 16.9 Å². The molecule has 0 radical (unpaired) electrons. The number of aromatic nitrogens is 1. The van der Waals surface area contributed by atoms with E-state index in [9.17, 15) is 4.79 Å². The van der Waals surface area contributed by atoms with Crippen molar-refractivity contribution in [3.05, 3.63) is 106 Å². The first-order valence-corrected chi connectivity index (χ1v) is 11.6. The van der Waals surface area contributed by atoms with Crippen LogP contribution in [0.15, 0.2) is 93.4 Å². The number of hydrogen-bond acceptors (Lipinski definition) is 5. The first-order chi connectivity index (χ1) is 16.0. The van der Waals surface area contributed by atoms with E-state index in [-0.39, 0.29) is 11.6 Å². The maximum atomic E-state index is 12.6. The van der Waals surface area contributed by atoms with Gasteiger partial charge in [-0.1, -0.05) is 65.3 Å². The Hall–Kier alpha value is -3.41. The van der Waals surface area contributed by atoms with Crippen LogP contribution in [0.5, 0.6) is 0 Å². The number of carbonyl (C=O) groups excluding carboxylic acids is 1. The van der Waals surface area contributed by atoms with Gasteiger partial charge >= 0.3 is 5.97 Å². The Kier molecular flexibility index (Phi) is 5.75. The van der Waals surface area contributed by atoms with E-state index < -0.39 is 5.97 Å². The number of carbonyl (C=O) groups is 1. The van der Waals surface area contributed by atoms with Gasteiger partial charge in [0, 0.05) is 15.8 Å². The van der Waals surface area contributed by atoms with Crippen LogP contribution in [0.3, 0.4) is 0 Å². The van der Waals surface area contributed by atoms with Crippen LogP contribution in [0.1, 0.15) is 22.3 Å². The minimum absolute atomic E-state index is 0.203. The second-order valence-corrected chi connectivity index (χ2v) is 9.28. The van der Waals surface area contributed by atoms with Gasteiger partial charge in [0.1, 0.15) is 5.03 Å². The fraction of sp³-hybridized carbons (Fsp3) is 0.0741. The largest absolute Gasteiger partial charge is 0.402 e. The van der Waals surface area contributed by atoms with Crippen molar-refractivity contribution in [3.63, 3.8) is 0 Å². The molecular weight excluding hydrogens is 452 g/mol. The van der Waals surface area contributed by atoms with E-state index in [0.29, 0.717) is 10.6 Å². The number of nitrogens with zero attached hydrogens (tertiary/aromatic N) is 2. The number of halogens is 1. The van der Waals surface area contributed by atoms with Gasteiger partial charge in [0.25, 0.3) is 0 Å². The molecule has 5 rings (SSSR count). The highest BCUT2D eigenvalue weighted by molar-refractivity contribution is 7.99. The van der Waals surface area contributed by atoms with Crippen molar-refractivity contribution in [3.8, 4) is 0 Å². The summed E-state index contributed by atoms with van der Waals surface area (Å²) in [4.78, 5) is 23.0. The van der Waals surface area contributed by atoms with Crippen molar-refractivity contribution in [2.75, 3.05) is 0 Å². The lowest BCUT2D eigenvalue weighted by molar-refractivity contribution is -0.129. The summed E-state index contributed by atoms with van der Waals surface area (Å²) in [5.74, 6) is -0.311. The minimum Gasteiger partial charge on any atom is -0.402 e. The lowest BCUT2D eigenvalue weighted by Crippen LogP contribution is -2.05. The van der Waals surface area contributed by atoms with Crippen LogP contribution in [-0.2, 0) is 9.53 Å². The highest BCUT2D eigenvalue weighted by Crippen LogP contribution is 2.34. The number of hydrogen-bond donors (Lipinski definition) is 0. The Morgan fingerprint density at radius 2 is 1.70 bits per heavy atom. The molecule has 33 heavy (non-hydrogen) atoms. The number of rotatable bonds is 4. The summed E-state index contributed by atoms with van der Waals surface area (Å²) >= 11 is 7.81. The fourth-order valence-corrected chi connectivity index (χ4v) is 4.58. The number of benzene rings is 3. The van der Waals surface area contributed by atoms with Gasteiger partial charge < -0.3 is 4.74 Å². The maximum absolute atomic E-state index is 12.6. The van der Waals surface area contributed by atoms with Crippen molar-refractivity contribution in [2.24, 2.45) is 4.99 Å². The average molecular weight is 471 g/mol. The lowest BCUT2D eigenvalue weighted by Gasteiger charge is -2.09. The van der Waals surface area contributed by atoms with Gasteiger partial charge in [-0.3, -0.25) is 0 Å². The van der Waals surface area contributed by atoms with Crippen molar-refractivity contribution in [1.29, 1.82) is 0 Å². The Morgan fingerprint density at radius 1 is 0.939 bits per heavy atom. The molecule has 2 heterocycles. The third-order valence-electron chi connectivity index (χ3n) is 5.22. The number of ether oxygens (including phenoxy) is 1. The van der Waals surface area contributed by atoms with Crippen LogP contribution in [0, 0.1) is 13.8 Å². The molecule has 0 spiro atoms. The third kappa shape index (κ3) is 4.56. The van der Waals surface area contributed by atoms with Crippen molar-refractivity contribution in [1.82, 2.24) is 4.98 Å². The molecule has 0 saturated heterocycles. The van der Waals surface area contributed by atoms with E-state index in [1.54, 1.807) is 30.0 Å². The lowest BCUT2D eigenvalue weighted by atomic mass is 10.1. The van der Waals surface area contributed by atoms with E-state index in [0.717, 1.165) is 32.0 Å². The third-order valence-corrected chi connectivity index (χ3v) is 6.58. The molecule has 0 saturated carbocycles. The molecule has 1 aliphatic rings. The minimum atomic E-state index is -0.514. The summed E-state index contributed by atoms with van der Waals surface area (Å²) in [5, 5.41) is 2.25. The Labute approximate surface area is 201 Å². The number of aliphatic imine (C=N–C) groups is 1. The monoisotopic (exact) mass is 470 g/mol. The van der Waals surface area contributed by atoms with E-state index in [4.69, 9.17) is 21.3 Å². The number of cyclic esters (lactones) is 1. The van der Waals surface area contributed by atoms with E-state index in [1.165, 1.54) is 5.56 Å². The van der Waals surface area contributed by atoms with Crippen LogP contribution in [0.4, 0.5) is 0 Å². The summed E-state index contributed by atoms with van der Waals surface area (Å²) in [6.07, 6.45) is 1.73. The highest BCUT2D eigenvalue weighted by Gasteiger charge is 2.26. The van der Waals surface area contributed by atoms with Crippen molar-refractivity contribution in [2.45, 2.75) is 23.8 Å². The van der Waals surface area contributed by atoms with Crippen molar-refractivity contribution < 1.29 is 9.53 Å². The number of pyridine rings is 1. The van der Waals surface area contributed by atoms with Gasteiger partial charge in [0.15, 0.2) is 5.70 Å².